The van der Waals surface area contributed by atoms with Gasteiger partial charge < -0.3 is 5.32 Å². The Kier molecular flexibility index (Phi) is 5.03. The summed E-state index contributed by atoms with van der Waals surface area (Å²) < 4.78 is 27.7. The van der Waals surface area contributed by atoms with Crippen molar-refractivity contribution in [3.05, 3.63) is 46.2 Å². The van der Waals surface area contributed by atoms with Crippen LogP contribution < -0.4 is 10.0 Å². The zero-order valence-electron chi connectivity index (χ0n) is 12.4. The molecule has 6 heteroatoms. The highest BCUT2D eigenvalue weighted by molar-refractivity contribution is 7.93. The van der Waals surface area contributed by atoms with E-state index in [1.807, 2.05) is 18.2 Å². The van der Waals surface area contributed by atoms with Gasteiger partial charge in [0, 0.05) is 17.1 Å². The molecule has 1 aromatic carbocycles. The number of nitrogens with one attached hydrogen (secondary N) is 2. The molecule has 0 bridgehead atoms. The Hall–Kier alpha value is -1.37. The second-order valence-corrected chi connectivity index (χ2v) is 7.78. The van der Waals surface area contributed by atoms with Crippen molar-refractivity contribution in [1.29, 1.82) is 0 Å². The van der Waals surface area contributed by atoms with Crippen LogP contribution in [0.1, 0.15) is 30.2 Å². The van der Waals surface area contributed by atoms with E-state index >= 15 is 0 Å². The van der Waals surface area contributed by atoms with E-state index < -0.39 is 10.0 Å². The van der Waals surface area contributed by atoms with Crippen LogP contribution in [0.25, 0.3) is 0 Å². The summed E-state index contributed by atoms with van der Waals surface area (Å²) in [7, 11) is -1.74. The molecule has 0 spiro atoms. The van der Waals surface area contributed by atoms with E-state index in [0.29, 0.717) is 23.0 Å². The van der Waals surface area contributed by atoms with Crippen LogP contribution in [0.15, 0.2) is 40.6 Å². The highest BCUT2D eigenvalue weighted by atomic mass is 32.2. The molecule has 2 N–H and O–H groups in total. The van der Waals surface area contributed by atoms with Gasteiger partial charge in [-0.05, 0) is 42.1 Å². The molecule has 1 heterocycles. The average molecular weight is 324 g/mol. The van der Waals surface area contributed by atoms with E-state index in [1.165, 1.54) is 11.3 Å². The lowest BCUT2D eigenvalue weighted by atomic mass is 10.0. The SMILES string of the molecule is CNCc1sccc1S(=O)(=O)Nc1cccc(C(C)C)c1. The number of thiophene rings is 1. The first-order valence-corrected chi connectivity index (χ1v) is 9.14. The van der Waals surface area contributed by atoms with E-state index in [0.717, 1.165) is 10.4 Å². The molecular formula is C15H20N2O2S2. The minimum atomic E-state index is -3.54. The first-order valence-electron chi connectivity index (χ1n) is 6.78. The normalized spacial score (nSPS) is 11.8. The molecule has 21 heavy (non-hydrogen) atoms. The molecular weight excluding hydrogens is 304 g/mol. The van der Waals surface area contributed by atoms with Gasteiger partial charge in [0.1, 0.15) is 4.90 Å². The van der Waals surface area contributed by atoms with Gasteiger partial charge in [-0.2, -0.15) is 0 Å². The third-order valence-corrected chi connectivity index (χ3v) is 5.65. The predicted molar refractivity (Wildman–Crippen MR) is 88.4 cm³/mol. The lowest BCUT2D eigenvalue weighted by molar-refractivity contribution is 0.600. The number of anilines is 1. The van der Waals surface area contributed by atoms with Crippen LogP contribution in [0.2, 0.25) is 0 Å². The lowest BCUT2D eigenvalue weighted by Crippen LogP contribution is -2.15. The fraction of sp³-hybridized carbons (Fsp3) is 0.333. The van der Waals surface area contributed by atoms with Gasteiger partial charge in [0.15, 0.2) is 0 Å². The monoisotopic (exact) mass is 324 g/mol. The molecule has 0 radical (unpaired) electrons. The van der Waals surface area contributed by atoms with Crippen LogP contribution >= 0.6 is 11.3 Å². The van der Waals surface area contributed by atoms with Crippen molar-refractivity contribution < 1.29 is 8.42 Å². The van der Waals surface area contributed by atoms with Gasteiger partial charge in [-0.1, -0.05) is 26.0 Å². The number of hydrogen-bond acceptors (Lipinski definition) is 4. The second kappa shape index (κ2) is 6.60. The van der Waals surface area contributed by atoms with E-state index in [2.05, 4.69) is 23.9 Å². The Morgan fingerprint density at radius 1 is 1.24 bits per heavy atom. The minimum Gasteiger partial charge on any atom is -0.315 e. The maximum absolute atomic E-state index is 12.5. The average Bonchev–Trinajstić information content (AvgIpc) is 2.88. The summed E-state index contributed by atoms with van der Waals surface area (Å²) in [4.78, 5) is 1.15. The van der Waals surface area contributed by atoms with Gasteiger partial charge in [0.2, 0.25) is 0 Å². The summed E-state index contributed by atoms with van der Waals surface area (Å²) in [5.74, 6) is 0.357. The second-order valence-electron chi connectivity index (χ2n) is 5.12. The van der Waals surface area contributed by atoms with Crippen molar-refractivity contribution in [1.82, 2.24) is 5.32 Å². The molecule has 0 saturated heterocycles. The van der Waals surface area contributed by atoms with Gasteiger partial charge in [-0.25, -0.2) is 8.42 Å². The largest absolute Gasteiger partial charge is 0.315 e. The third-order valence-electron chi connectivity index (χ3n) is 3.14. The fourth-order valence-corrected chi connectivity index (χ4v) is 4.54. The minimum absolute atomic E-state index is 0.344. The number of hydrogen-bond donors (Lipinski definition) is 2. The predicted octanol–water partition coefficient (Wildman–Crippen LogP) is 3.39. The standard InChI is InChI=1S/C15H20N2O2S2/c1-11(2)12-5-4-6-13(9-12)17-21(18,19)15-7-8-20-14(15)10-16-3/h4-9,11,16-17H,10H2,1-3H3. The molecule has 0 aliphatic heterocycles. The molecule has 0 atom stereocenters. The van der Waals surface area contributed by atoms with Crippen LogP contribution in [0, 0.1) is 0 Å². The van der Waals surface area contributed by atoms with E-state index in [1.54, 1.807) is 24.6 Å². The maximum Gasteiger partial charge on any atom is 0.263 e. The summed E-state index contributed by atoms with van der Waals surface area (Å²) in [6.07, 6.45) is 0. The van der Waals surface area contributed by atoms with Crippen molar-refractivity contribution in [2.24, 2.45) is 0 Å². The van der Waals surface area contributed by atoms with Crippen LogP contribution in [-0.2, 0) is 16.6 Å². The van der Waals surface area contributed by atoms with Crippen molar-refractivity contribution in [3.8, 4) is 0 Å². The van der Waals surface area contributed by atoms with Crippen LogP contribution in [0.3, 0.4) is 0 Å². The van der Waals surface area contributed by atoms with Crippen molar-refractivity contribution in [2.75, 3.05) is 11.8 Å². The molecule has 0 unspecified atom stereocenters. The van der Waals surface area contributed by atoms with Gasteiger partial charge in [0.05, 0.1) is 0 Å². The summed E-state index contributed by atoms with van der Waals surface area (Å²) >= 11 is 1.44. The molecule has 0 aliphatic rings. The molecule has 0 amide bonds. The summed E-state index contributed by atoms with van der Waals surface area (Å²) in [5, 5.41) is 4.79. The Labute approximate surface area is 130 Å². The molecule has 4 nitrogen and oxygen atoms in total. The molecule has 2 rings (SSSR count). The lowest BCUT2D eigenvalue weighted by Gasteiger charge is -2.11. The van der Waals surface area contributed by atoms with Gasteiger partial charge in [-0.15, -0.1) is 11.3 Å². The summed E-state index contributed by atoms with van der Waals surface area (Å²) in [6, 6.07) is 9.17. The van der Waals surface area contributed by atoms with Crippen LogP contribution in [-0.4, -0.2) is 15.5 Å². The molecule has 0 saturated carbocycles. The molecule has 0 fully saturated rings. The Morgan fingerprint density at radius 3 is 2.67 bits per heavy atom. The Balaban J connectivity index is 2.29. The summed E-state index contributed by atoms with van der Waals surface area (Å²) in [6.45, 7) is 4.70. The number of rotatable bonds is 6. The van der Waals surface area contributed by atoms with Crippen LogP contribution in [0.5, 0.6) is 0 Å². The van der Waals surface area contributed by atoms with Crippen molar-refractivity contribution in [2.45, 2.75) is 31.2 Å². The molecule has 0 aliphatic carbocycles. The Bertz CT molecular complexity index is 706. The number of benzene rings is 1. The Morgan fingerprint density at radius 2 is 2.00 bits per heavy atom. The highest BCUT2D eigenvalue weighted by Gasteiger charge is 2.19. The maximum atomic E-state index is 12.5. The fourth-order valence-electron chi connectivity index (χ4n) is 2.03. The van der Waals surface area contributed by atoms with Gasteiger partial charge >= 0.3 is 0 Å². The topological polar surface area (TPSA) is 58.2 Å². The summed E-state index contributed by atoms with van der Waals surface area (Å²) in [5.41, 5.74) is 1.71. The van der Waals surface area contributed by atoms with E-state index in [-0.39, 0.29) is 0 Å². The zero-order chi connectivity index (χ0) is 15.5. The van der Waals surface area contributed by atoms with E-state index in [9.17, 15) is 8.42 Å². The molecule has 114 valence electrons. The zero-order valence-corrected chi connectivity index (χ0v) is 14.0. The van der Waals surface area contributed by atoms with Gasteiger partial charge in [0.25, 0.3) is 10.0 Å². The highest BCUT2D eigenvalue weighted by Crippen LogP contribution is 2.25. The van der Waals surface area contributed by atoms with E-state index in [4.69, 9.17) is 0 Å². The molecule has 2 aromatic rings. The smallest absolute Gasteiger partial charge is 0.263 e. The quantitative estimate of drug-likeness (QED) is 0.856. The first-order chi connectivity index (χ1) is 9.94. The van der Waals surface area contributed by atoms with Crippen molar-refractivity contribution in [3.63, 3.8) is 0 Å². The first kappa shape index (κ1) is 16.0. The third kappa shape index (κ3) is 3.84. The van der Waals surface area contributed by atoms with Crippen molar-refractivity contribution >= 4 is 27.0 Å². The van der Waals surface area contributed by atoms with Gasteiger partial charge in [-0.3, -0.25) is 4.72 Å². The van der Waals surface area contributed by atoms with Crippen LogP contribution in [0.4, 0.5) is 5.69 Å². The molecule has 1 aromatic heterocycles. The number of sulfonamides is 1.